The van der Waals surface area contributed by atoms with Gasteiger partial charge in [-0.05, 0) is 18.4 Å². The van der Waals surface area contributed by atoms with Crippen molar-refractivity contribution >= 4 is 11.9 Å². The van der Waals surface area contributed by atoms with Gasteiger partial charge in [0, 0.05) is 13.0 Å². The molecule has 18 heavy (non-hydrogen) atoms. The van der Waals surface area contributed by atoms with Crippen LogP contribution in [0.5, 0.6) is 0 Å². The zero-order valence-corrected chi connectivity index (χ0v) is 10.4. The van der Waals surface area contributed by atoms with Gasteiger partial charge in [-0.3, -0.25) is 9.59 Å². The maximum atomic E-state index is 10.6. The molecule has 1 aromatic carbocycles. The van der Waals surface area contributed by atoms with Gasteiger partial charge in [0.05, 0.1) is 6.42 Å². The van der Waals surface area contributed by atoms with E-state index in [2.05, 4.69) is 5.32 Å². The summed E-state index contributed by atoms with van der Waals surface area (Å²) in [7, 11) is 0. The van der Waals surface area contributed by atoms with Gasteiger partial charge >= 0.3 is 5.97 Å². The largest absolute Gasteiger partial charge is 0.481 e. The molecule has 0 saturated carbocycles. The van der Waals surface area contributed by atoms with Crippen LogP contribution in [0.3, 0.4) is 0 Å². The van der Waals surface area contributed by atoms with E-state index in [9.17, 15) is 9.59 Å². The van der Waals surface area contributed by atoms with Crippen LogP contribution < -0.4 is 5.32 Å². The van der Waals surface area contributed by atoms with Gasteiger partial charge < -0.3 is 10.4 Å². The number of hydrogen-bond acceptors (Lipinski definition) is 2. The number of amides is 1. The number of rotatable bonds is 2. The number of nitrogens with one attached hydrogen (secondary N) is 1. The number of benzene rings is 1. The molecule has 1 aromatic rings. The van der Waals surface area contributed by atoms with Crippen LogP contribution in [0.15, 0.2) is 30.3 Å². The molecule has 4 nitrogen and oxygen atoms in total. The van der Waals surface area contributed by atoms with E-state index in [1.165, 1.54) is 6.42 Å². The van der Waals surface area contributed by atoms with Gasteiger partial charge in [0.15, 0.2) is 0 Å². The van der Waals surface area contributed by atoms with E-state index >= 15 is 0 Å². The Bertz CT molecular complexity index is 366. The average Bonchev–Trinajstić information content (AvgIpc) is 2.58. The molecule has 98 valence electrons. The van der Waals surface area contributed by atoms with Crippen LogP contribution in [0.1, 0.15) is 31.2 Å². The lowest BCUT2D eigenvalue weighted by Crippen LogP contribution is -2.21. The first kappa shape index (κ1) is 14.2. The Labute approximate surface area is 107 Å². The third-order valence-electron chi connectivity index (χ3n) is 2.60. The highest BCUT2D eigenvalue weighted by Gasteiger charge is 2.03. The topological polar surface area (TPSA) is 66.4 Å². The number of carboxylic acid groups (broad SMARTS) is 1. The quantitative estimate of drug-likeness (QED) is 0.842. The summed E-state index contributed by atoms with van der Waals surface area (Å²) < 4.78 is 0. The summed E-state index contributed by atoms with van der Waals surface area (Å²) in [5.74, 6) is -0.561. The predicted octanol–water partition coefficient (Wildman–Crippen LogP) is 1.99. The lowest BCUT2D eigenvalue weighted by molar-refractivity contribution is -0.136. The van der Waals surface area contributed by atoms with Gasteiger partial charge in [-0.2, -0.15) is 0 Å². The molecule has 1 saturated heterocycles. The van der Waals surface area contributed by atoms with Crippen molar-refractivity contribution in [2.75, 3.05) is 6.54 Å². The number of carbonyl (C=O) groups is 2. The summed E-state index contributed by atoms with van der Waals surface area (Å²) in [4.78, 5) is 20.7. The minimum Gasteiger partial charge on any atom is -0.481 e. The molecular weight excluding hydrogens is 230 g/mol. The van der Waals surface area contributed by atoms with Crippen molar-refractivity contribution in [3.63, 3.8) is 0 Å². The second-order valence-electron chi connectivity index (χ2n) is 4.22. The molecule has 1 aliphatic heterocycles. The number of hydrogen-bond donors (Lipinski definition) is 2. The molecule has 1 amide bonds. The molecule has 0 aromatic heterocycles. The Morgan fingerprint density at radius 2 is 1.89 bits per heavy atom. The van der Waals surface area contributed by atoms with Crippen molar-refractivity contribution in [3.05, 3.63) is 35.9 Å². The van der Waals surface area contributed by atoms with Gasteiger partial charge in [-0.25, -0.2) is 0 Å². The minimum absolute atomic E-state index is 0.112. The van der Waals surface area contributed by atoms with Crippen LogP contribution in [0.4, 0.5) is 0 Å². The highest BCUT2D eigenvalue weighted by Crippen LogP contribution is 2.02. The second-order valence-corrected chi connectivity index (χ2v) is 4.22. The molecule has 1 fully saturated rings. The number of aliphatic carboxylic acids is 1. The van der Waals surface area contributed by atoms with Crippen molar-refractivity contribution in [2.24, 2.45) is 0 Å². The molecule has 4 heteroatoms. The molecule has 0 spiro atoms. The third kappa shape index (κ3) is 6.68. The first-order valence-electron chi connectivity index (χ1n) is 6.21. The maximum absolute atomic E-state index is 10.6. The van der Waals surface area contributed by atoms with Gasteiger partial charge in [0.1, 0.15) is 0 Å². The summed E-state index contributed by atoms with van der Waals surface area (Å²) in [6.07, 6.45) is 4.29. The maximum Gasteiger partial charge on any atom is 0.307 e. The molecule has 2 N–H and O–H groups in total. The lowest BCUT2D eigenvalue weighted by atomic mass is 10.2. The first-order chi connectivity index (χ1) is 8.68. The standard InChI is InChI=1S/C8H8O2.C6H11NO/c9-8(10)6-7-4-2-1-3-5-7;8-6-4-2-1-3-5-7-6/h1-5H,6H2,(H,9,10);1-5H2,(H,7,8). The molecule has 0 aliphatic carbocycles. The summed E-state index contributed by atoms with van der Waals surface area (Å²) in [5.41, 5.74) is 0.843. The Balaban J connectivity index is 0.000000184. The van der Waals surface area contributed by atoms with Crippen molar-refractivity contribution in [1.82, 2.24) is 5.32 Å². The smallest absolute Gasteiger partial charge is 0.307 e. The fourth-order valence-electron chi connectivity index (χ4n) is 1.67. The number of carbonyl (C=O) groups excluding carboxylic acids is 1. The molecule has 0 bridgehead atoms. The molecule has 2 rings (SSSR count). The summed E-state index contributed by atoms with van der Waals surface area (Å²) in [6, 6.07) is 9.13. The van der Waals surface area contributed by atoms with Crippen LogP contribution in [0, 0.1) is 0 Å². The molecule has 1 aliphatic rings. The molecule has 0 unspecified atom stereocenters. The van der Waals surface area contributed by atoms with E-state index in [4.69, 9.17) is 5.11 Å². The zero-order valence-electron chi connectivity index (χ0n) is 10.4. The fraction of sp³-hybridized carbons (Fsp3) is 0.429. The summed E-state index contributed by atoms with van der Waals surface area (Å²) in [6.45, 7) is 0.888. The van der Waals surface area contributed by atoms with E-state index < -0.39 is 5.97 Å². The fourth-order valence-corrected chi connectivity index (χ4v) is 1.67. The minimum atomic E-state index is -0.786. The molecule has 0 atom stereocenters. The van der Waals surface area contributed by atoms with Crippen molar-refractivity contribution in [3.8, 4) is 0 Å². The van der Waals surface area contributed by atoms with Crippen molar-refractivity contribution in [2.45, 2.75) is 32.1 Å². The van der Waals surface area contributed by atoms with Crippen molar-refractivity contribution < 1.29 is 14.7 Å². The van der Waals surface area contributed by atoms with Gasteiger partial charge in [-0.15, -0.1) is 0 Å². The predicted molar refractivity (Wildman–Crippen MR) is 69.3 cm³/mol. The second kappa shape index (κ2) is 8.28. The normalized spacial score (nSPS) is 14.8. The van der Waals surface area contributed by atoms with E-state index in [0.29, 0.717) is 0 Å². The monoisotopic (exact) mass is 249 g/mol. The average molecular weight is 249 g/mol. The SMILES string of the molecule is O=C(O)Cc1ccccc1.O=C1CCCCCN1. The van der Waals surface area contributed by atoms with Gasteiger partial charge in [-0.1, -0.05) is 36.8 Å². The Morgan fingerprint density at radius 1 is 1.17 bits per heavy atom. The van der Waals surface area contributed by atoms with Crippen LogP contribution in [-0.4, -0.2) is 23.5 Å². The first-order valence-corrected chi connectivity index (χ1v) is 6.21. The Hall–Kier alpha value is -1.84. The highest BCUT2D eigenvalue weighted by molar-refractivity contribution is 5.75. The van der Waals surface area contributed by atoms with Crippen molar-refractivity contribution in [1.29, 1.82) is 0 Å². The molecule has 0 radical (unpaired) electrons. The number of carboxylic acids is 1. The lowest BCUT2D eigenvalue weighted by Gasteiger charge is -1.93. The van der Waals surface area contributed by atoms with E-state index in [0.717, 1.165) is 31.4 Å². The van der Waals surface area contributed by atoms with Gasteiger partial charge in [0.2, 0.25) is 5.91 Å². The Morgan fingerprint density at radius 3 is 2.56 bits per heavy atom. The summed E-state index contributed by atoms with van der Waals surface area (Å²) in [5, 5.41) is 11.2. The van der Waals surface area contributed by atoms with E-state index in [1.54, 1.807) is 12.1 Å². The Kier molecular flexibility index (Phi) is 6.54. The van der Waals surface area contributed by atoms with Crippen LogP contribution in [-0.2, 0) is 16.0 Å². The van der Waals surface area contributed by atoms with Gasteiger partial charge in [0.25, 0.3) is 0 Å². The highest BCUT2D eigenvalue weighted by atomic mass is 16.4. The van der Waals surface area contributed by atoms with E-state index in [-0.39, 0.29) is 12.3 Å². The van der Waals surface area contributed by atoms with Crippen LogP contribution >= 0.6 is 0 Å². The third-order valence-corrected chi connectivity index (χ3v) is 2.60. The van der Waals surface area contributed by atoms with Crippen LogP contribution in [0.25, 0.3) is 0 Å². The van der Waals surface area contributed by atoms with Crippen LogP contribution in [0.2, 0.25) is 0 Å². The molecule has 1 heterocycles. The summed E-state index contributed by atoms with van der Waals surface area (Å²) >= 11 is 0. The zero-order chi connectivity index (χ0) is 13.2. The van der Waals surface area contributed by atoms with E-state index in [1.807, 2.05) is 18.2 Å². The molecular formula is C14H19NO3.